The van der Waals surface area contributed by atoms with Crippen LogP contribution in [0.25, 0.3) is 0 Å². The van der Waals surface area contributed by atoms with E-state index >= 15 is 0 Å². The lowest BCUT2D eigenvalue weighted by atomic mass is 9.68. The van der Waals surface area contributed by atoms with Crippen molar-refractivity contribution in [2.24, 2.45) is 29.6 Å². The van der Waals surface area contributed by atoms with Gasteiger partial charge >= 0.3 is 0 Å². The fourth-order valence-electron chi connectivity index (χ4n) is 4.00. The maximum Gasteiger partial charge on any atom is 0.0579 e. The zero-order valence-electron chi connectivity index (χ0n) is 8.19. The standard InChI is InChI=1S/C12H18O/c1-7-4-10-8-2-3-9(6-8)12(10)11(13)5-7/h2-3,7-13H,4-6H2,1H3/t7-,8-,9+,10-,11-,12+/m1/s1. The van der Waals surface area contributed by atoms with Crippen molar-refractivity contribution in [3.05, 3.63) is 12.2 Å². The summed E-state index contributed by atoms with van der Waals surface area (Å²) in [5.41, 5.74) is 0. The van der Waals surface area contributed by atoms with Crippen molar-refractivity contribution in [1.82, 2.24) is 0 Å². The van der Waals surface area contributed by atoms with Gasteiger partial charge < -0.3 is 5.11 Å². The van der Waals surface area contributed by atoms with Crippen LogP contribution in [0, 0.1) is 29.6 Å². The lowest BCUT2D eigenvalue weighted by molar-refractivity contribution is 0.00518. The summed E-state index contributed by atoms with van der Waals surface area (Å²) in [4.78, 5) is 0. The van der Waals surface area contributed by atoms with Gasteiger partial charge in [-0.2, -0.15) is 0 Å². The third-order valence-corrected chi connectivity index (χ3v) is 4.45. The van der Waals surface area contributed by atoms with Gasteiger partial charge in [-0.15, -0.1) is 0 Å². The van der Waals surface area contributed by atoms with Crippen molar-refractivity contribution in [3.8, 4) is 0 Å². The number of rotatable bonds is 0. The maximum absolute atomic E-state index is 10.0. The highest BCUT2D eigenvalue weighted by atomic mass is 16.3. The van der Waals surface area contributed by atoms with Crippen LogP contribution in [0.3, 0.4) is 0 Å². The van der Waals surface area contributed by atoms with Gasteiger partial charge in [-0.25, -0.2) is 0 Å². The van der Waals surface area contributed by atoms with E-state index in [1.807, 2.05) is 0 Å². The predicted molar refractivity (Wildman–Crippen MR) is 52.1 cm³/mol. The van der Waals surface area contributed by atoms with Crippen molar-refractivity contribution in [1.29, 1.82) is 0 Å². The van der Waals surface area contributed by atoms with Gasteiger partial charge in [-0.3, -0.25) is 0 Å². The Bertz CT molecular complexity index is 246. The summed E-state index contributed by atoms with van der Waals surface area (Å²) in [6, 6.07) is 0. The summed E-state index contributed by atoms with van der Waals surface area (Å²) in [7, 11) is 0. The maximum atomic E-state index is 10.0. The highest BCUT2D eigenvalue weighted by molar-refractivity contribution is 5.16. The topological polar surface area (TPSA) is 20.2 Å². The second kappa shape index (κ2) is 2.60. The smallest absolute Gasteiger partial charge is 0.0579 e. The number of allylic oxidation sites excluding steroid dienone is 2. The van der Waals surface area contributed by atoms with Gasteiger partial charge in [0.1, 0.15) is 0 Å². The van der Waals surface area contributed by atoms with Crippen LogP contribution < -0.4 is 0 Å². The summed E-state index contributed by atoms with van der Waals surface area (Å²) in [5, 5.41) is 10.0. The minimum atomic E-state index is -0.00583. The summed E-state index contributed by atoms with van der Waals surface area (Å²) in [6.07, 6.45) is 8.47. The Morgan fingerprint density at radius 3 is 2.69 bits per heavy atom. The molecule has 6 atom stereocenters. The SMILES string of the molecule is C[C@@H]1C[C@H]2[C@@H]([C@H](O)C1)[C@H]1C=C[C@@H]2C1. The number of hydrogen-bond acceptors (Lipinski definition) is 1. The molecule has 0 radical (unpaired) electrons. The van der Waals surface area contributed by atoms with Crippen LogP contribution in [0.5, 0.6) is 0 Å². The van der Waals surface area contributed by atoms with Crippen molar-refractivity contribution in [2.45, 2.75) is 32.3 Å². The molecule has 0 aromatic rings. The molecule has 13 heavy (non-hydrogen) atoms. The Balaban J connectivity index is 1.89. The molecular formula is C12H18O. The minimum absolute atomic E-state index is 0.00583. The molecular weight excluding hydrogens is 160 g/mol. The third kappa shape index (κ3) is 1.03. The fourth-order valence-corrected chi connectivity index (χ4v) is 4.00. The van der Waals surface area contributed by atoms with Crippen molar-refractivity contribution < 1.29 is 5.11 Å². The lowest BCUT2D eigenvalue weighted by Gasteiger charge is -2.39. The van der Waals surface area contributed by atoms with Crippen molar-refractivity contribution in [2.75, 3.05) is 0 Å². The molecule has 3 aliphatic carbocycles. The zero-order chi connectivity index (χ0) is 9.00. The van der Waals surface area contributed by atoms with Gasteiger partial charge in [-0.05, 0) is 48.9 Å². The number of aliphatic hydroxyl groups excluding tert-OH is 1. The van der Waals surface area contributed by atoms with E-state index in [0.717, 1.165) is 30.1 Å². The van der Waals surface area contributed by atoms with E-state index in [1.54, 1.807) is 0 Å². The van der Waals surface area contributed by atoms with Gasteiger partial charge in [0.05, 0.1) is 6.10 Å². The van der Waals surface area contributed by atoms with E-state index in [2.05, 4.69) is 19.1 Å². The molecule has 0 heterocycles. The van der Waals surface area contributed by atoms with E-state index in [4.69, 9.17) is 0 Å². The average Bonchev–Trinajstić information content (AvgIpc) is 2.62. The summed E-state index contributed by atoms with van der Waals surface area (Å²) in [5.74, 6) is 3.70. The number of hydrogen-bond donors (Lipinski definition) is 1. The van der Waals surface area contributed by atoms with Crippen LogP contribution in [0.15, 0.2) is 12.2 Å². The normalized spacial score (nSPS) is 58.3. The molecule has 1 heteroatoms. The molecule has 0 spiro atoms. The highest BCUT2D eigenvalue weighted by Gasteiger charge is 2.49. The third-order valence-electron chi connectivity index (χ3n) is 4.45. The van der Waals surface area contributed by atoms with Crippen molar-refractivity contribution >= 4 is 0 Å². The second-order valence-electron chi connectivity index (χ2n) is 5.33. The number of aliphatic hydroxyl groups is 1. The molecule has 2 saturated carbocycles. The van der Waals surface area contributed by atoms with Crippen molar-refractivity contribution in [3.63, 3.8) is 0 Å². The van der Waals surface area contributed by atoms with Gasteiger partial charge in [0.25, 0.3) is 0 Å². The van der Waals surface area contributed by atoms with Crippen LogP contribution >= 0.6 is 0 Å². The van der Waals surface area contributed by atoms with Crippen LogP contribution in [0.2, 0.25) is 0 Å². The van der Waals surface area contributed by atoms with E-state index in [-0.39, 0.29) is 6.10 Å². The Labute approximate surface area is 79.8 Å². The van der Waals surface area contributed by atoms with E-state index in [0.29, 0.717) is 5.92 Å². The van der Waals surface area contributed by atoms with Crippen LogP contribution in [-0.2, 0) is 0 Å². The van der Waals surface area contributed by atoms with Crippen LogP contribution in [0.1, 0.15) is 26.2 Å². The van der Waals surface area contributed by atoms with E-state index in [9.17, 15) is 5.11 Å². The summed E-state index contributed by atoms with van der Waals surface area (Å²) in [6.45, 7) is 2.29. The quantitative estimate of drug-likeness (QED) is 0.564. The summed E-state index contributed by atoms with van der Waals surface area (Å²) < 4.78 is 0. The average molecular weight is 178 g/mol. The predicted octanol–water partition coefficient (Wildman–Crippen LogP) is 2.22. The molecule has 2 fully saturated rings. The Kier molecular flexibility index (Phi) is 1.61. The van der Waals surface area contributed by atoms with E-state index in [1.165, 1.54) is 12.8 Å². The molecule has 0 aliphatic heterocycles. The van der Waals surface area contributed by atoms with Gasteiger partial charge in [0, 0.05) is 0 Å². The monoisotopic (exact) mass is 178 g/mol. The minimum Gasteiger partial charge on any atom is -0.393 e. The Morgan fingerprint density at radius 1 is 1.08 bits per heavy atom. The molecule has 2 bridgehead atoms. The van der Waals surface area contributed by atoms with Crippen LogP contribution in [-0.4, -0.2) is 11.2 Å². The van der Waals surface area contributed by atoms with E-state index < -0.39 is 0 Å². The van der Waals surface area contributed by atoms with Gasteiger partial charge in [0.2, 0.25) is 0 Å². The molecule has 0 aromatic carbocycles. The highest BCUT2D eigenvalue weighted by Crippen LogP contribution is 2.54. The molecule has 3 rings (SSSR count). The molecule has 1 nitrogen and oxygen atoms in total. The van der Waals surface area contributed by atoms with Crippen LogP contribution in [0.4, 0.5) is 0 Å². The Morgan fingerprint density at radius 2 is 1.85 bits per heavy atom. The largest absolute Gasteiger partial charge is 0.393 e. The second-order valence-corrected chi connectivity index (χ2v) is 5.33. The fraction of sp³-hybridized carbons (Fsp3) is 0.833. The molecule has 1 N–H and O–H groups in total. The first-order chi connectivity index (χ1) is 6.25. The summed E-state index contributed by atoms with van der Waals surface area (Å²) >= 11 is 0. The first kappa shape index (κ1) is 8.05. The molecule has 0 saturated heterocycles. The zero-order valence-corrected chi connectivity index (χ0v) is 8.19. The molecule has 0 amide bonds. The van der Waals surface area contributed by atoms with Gasteiger partial charge in [-0.1, -0.05) is 19.1 Å². The number of fused-ring (bicyclic) bond motifs is 5. The molecule has 72 valence electrons. The first-order valence-electron chi connectivity index (χ1n) is 5.62. The van der Waals surface area contributed by atoms with Gasteiger partial charge in [0.15, 0.2) is 0 Å². The molecule has 0 aromatic heterocycles. The first-order valence-corrected chi connectivity index (χ1v) is 5.62. The molecule has 0 unspecified atom stereocenters. The lowest BCUT2D eigenvalue weighted by Crippen LogP contribution is -2.37. The Hall–Kier alpha value is -0.300. The molecule has 3 aliphatic rings.